The van der Waals surface area contributed by atoms with Gasteiger partial charge in [-0.05, 0) is 102 Å². The summed E-state index contributed by atoms with van der Waals surface area (Å²) in [4.78, 5) is 12.7. The molecule has 0 heterocycles. The molecule has 2 fully saturated rings. The molecule has 2 saturated carbocycles. The van der Waals surface area contributed by atoms with E-state index in [0.29, 0.717) is 17.4 Å². The Kier molecular flexibility index (Phi) is 5.37. The number of rotatable bonds is 3. The first-order valence-corrected chi connectivity index (χ1v) is 12.1. The Labute approximate surface area is 174 Å². The van der Waals surface area contributed by atoms with Crippen LogP contribution in [0.15, 0.2) is 18.2 Å². The van der Waals surface area contributed by atoms with Crippen molar-refractivity contribution in [3.05, 3.63) is 46.0 Å². The molecule has 3 aliphatic rings. The van der Waals surface area contributed by atoms with Gasteiger partial charge in [0.25, 0.3) is 0 Å². The molecule has 0 aliphatic heterocycles. The number of carboxylic acid groups (broad SMARTS) is 1. The quantitative estimate of drug-likeness (QED) is 0.588. The van der Waals surface area contributed by atoms with Gasteiger partial charge in [-0.15, -0.1) is 0 Å². The predicted octanol–water partition coefficient (Wildman–Crippen LogP) is 7.51. The van der Waals surface area contributed by atoms with Crippen LogP contribution in [0.3, 0.4) is 0 Å². The molecule has 0 radical (unpaired) electrons. The maximum atomic E-state index is 12.7. The van der Waals surface area contributed by atoms with Crippen molar-refractivity contribution in [2.24, 2.45) is 0 Å². The largest absolute Gasteiger partial charge is 0.478 e. The topological polar surface area (TPSA) is 37.3 Å². The van der Waals surface area contributed by atoms with E-state index in [9.17, 15) is 9.90 Å². The summed E-state index contributed by atoms with van der Waals surface area (Å²) in [5.41, 5.74) is 6.02. The van der Waals surface area contributed by atoms with Gasteiger partial charge in [-0.3, -0.25) is 0 Å². The Morgan fingerprint density at radius 1 is 0.724 bits per heavy atom. The maximum absolute atomic E-state index is 12.7. The molecule has 29 heavy (non-hydrogen) atoms. The summed E-state index contributed by atoms with van der Waals surface area (Å²) in [7, 11) is 0. The third kappa shape index (κ3) is 3.60. The molecular weight excluding hydrogens is 356 g/mol. The van der Waals surface area contributed by atoms with E-state index < -0.39 is 5.97 Å². The van der Waals surface area contributed by atoms with Crippen LogP contribution in [0.5, 0.6) is 0 Å². The fourth-order valence-electron chi connectivity index (χ4n) is 6.48. The summed E-state index contributed by atoms with van der Waals surface area (Å²) in [6, 6.07) is 7.11. The van der Waals surface area contributed by atoms with E-state index in [2.05, 4.69) is 18.2 Å². The third-order valence-electron chi connectivity index (χ3n) is 7.95. The standard InChI is InChI=1S/C27H34O2/c28-27(29)26-23(18-9-3-1-4-10-18)17-22-15-20-13-7-8-14-21(20)16-24(22)25(26)19-11-5-2-6-12-19/h15-19H,1-14H2,(H,28,29). The summed E-state index contributed by atoms with van der Waals surface area (Å²) < 4.78 is 0. The minimum absolute atomic E-state index is 0.419. The number of aromatic carboxylic acids is 1. The molecule has 0 bridgehead atoms. The Morgan fingerprint density at radius 2 is 1.31 bits per heavy atom. The SMILES string of the molecule is O=C(O)c1c(C2CCCCC2)cc2cc3c(cc2c1C1CCCCC1)CCCC3. The summed E-state index contributed by atoms with van der Waals surface area (Å²) in [6.45, 7) is 0. The van der Waals surface area contributed by atoms with Gasteiger partial charge in [0.05, 0.1) is 5.56 Å². The zero-order valence-corrected chi connectivity index (χ0v) is 17.6. The van der Waals surface area contributed by atoms with Crippen LogP contribution in [0.4, 0.5) is 0 Å². The van der Waals surface area contributed by atoms with Gasteiger partial charge in [0.2, 0.25) is 0 Å². The summed E-state index contributed by atoms with van der Waals surface area (Å²) in [6.07, 6.45) is 17.1. The number of fused-ring (bicyclic) bond motifs is 2. The van der Waals surface area contributed by atoms with Gasteiger partial charge in [0.1, 0.15) is 0 Å². The van der Waals surface area contributed by atoms with Crippen LogP contribution in [0, 0.1) is 0 Å². The zero-order chi connectivity index (χ0) is 19.8. The maximum Gasteiger partial charge on any atom is 0.336 e. The molecule has 0 saturated heterocycles. The second kappa shape index (κ2) is 8.13. The molecule has 1 N–H and O–H groups in total. The molecule has 3 aliphatic carbocycles. The fraction of sp³-hybridized carbons (Fsp3) is 0.593. The first-order chi connectivity index (χ1) is 14.2. The summed E-state index contributed by atoms with van der Waals surface area (Å²) >= 11 is 0. The monoisotopic (exact) mass is 390 g/mol. The van der Waals surface area contributed by atoms with Crippen LogP contribution in [0.1, 0.15) is 121 Å². The lowest BCUT2D eigenvalue weighted by Gasteiger charge is -2.30. The molecular formula is C27H34O2. The second-order valence-electron chi connectivity index (χ2n) is 9.78. The number of carbonyl (C=O) groups is 1. The normalized spacial score (nSPS) is 21.2. The number of benzene rings is 2. The Bertz CT molecular complexity index is 914. The van der Waals surface area contributed by atoms with Crippen LogP contribution >= 0.6 is 0 Å². The Hall–Kier alpha value is -1.83. The molecule has 0 aromatic heterocycles. The van der Waals surface area contributed by atoms with E-state index in [1.165, 1.54) is 85.3 Å². The molecule has 0 unspecified atom stereocenters. The highest BCUT2D eigenvalue weighted by molar-refractivity contribution is 6.01. The van der Waals surface area contributed by atoms with Crippen LogP contribution < -0.4 is 0 Å². The Balaban J connectivity index is 1.76. The summed E-state index contributed by atoms with van der Waals surface area (Å²) in [5, 5.41) is 13.0. The van der Waals surface area contributed by atoms with Gasteiger partial charge in [0.15, 0.2) is 0 Å². The molecule has 0 spiro atoms. The molecule has 0 amide bonds. The highest BCUT2D eigenvalue weighted by Gasteiger charge is 2.30. The van der Waals surface area contributed by atoms with Crippen molar-refractivity contribution in [3.63, 3.8) is 0 Å². The van der Waals surface area contributed by atoms with Gasteiger partial charge < -0.3 is 5.11 Å². The smallest absolute Gasteiger partial charge is 0.336 e. The van der Waals surface area contributed by atoms with Crippen molar-refractivity contribution < 1.29 is 9.90 Å². The van der Waals surface area contributed by atoms with Crippen molar-refractivity contribution in [2.45, 2.75) is 102 Å². The first-order valence-electron chi connectivity index (χ1n) is 12.1. The van der Waals surface area contributed by atoms with Crippen LogP contribution in [-0.2, 0) is 12.8 Å². The van der Waals surface area contributed by atoms with Crippen molar-refractivity contribution in [2.75, 3.05) is 0 Å². The second-order valence-corrected chi connectivity index (χ2v) is 9.78. The van der Waals surface area contributed by atoms with Gasteiger partial charge in [-0.1, -0.05) is 50.7 Å². The van der Waals surface area contributed by atoms with Crippen molar-refractivity contribution in [1.82, 2.24) is 0 Å². The van der Waals surface area contributed by atoms with E-state index >= 15 is 0 Å². The molecule has 2 heteroatoms. The van der Waals surface area contributed by atoms with E-state index in [0.717, 1.165) is 37.7 Å². The average molecular weight is 391 g/mol. The molecule has 5 rings (SSSR count). The van der Waals surface area contributed by atoms with Crippen LogP contribution in [-0.4, -0.2) is 11.1 Å². The minimum atomic E-state index is -0.689. The number of carboxylic acids is 1. The molecule has 0 atom stereocenters. The molecule has 154 valence electrons. The molecule has 2 aromatic rings. The summed E-state index contributed by atoms with van der Waals surface area (Å²) in [5.74, 6) is 0.158. The van der Waals surface area contributed by atoms with Crippen molar-refractivity contribution >= 4 is 16.7 Å². The van der Waals surface area contributed by atoms with Crippen LogP contribution in [0.25, 0.3) is 10.8 Å². The molecule has 2 nitrogen and oxygen atoms in total. The van der Waals surface area contributed by atoms with Crippen molar-refractivity contribution in [1.29, 1.82) is 0 Å². The zero-order valence-electron chi connectivity index (χ0n) is 17.6. The van der Waals surface area contributed by atoms with Gasteiger partial charge in [-0.2, -0.15) is 0 Å². The lowest BCUT2D eigenvalue weighted by molar-refractivity contribution is 0.0693. The number of hydrogen-bond acceptors (Lipinski definition) is 1. The van der Waals surface area contributed by atoms with Gasteiger partial charge in [-0.25, -0.2) is 4.79 Å². The van der Waals surface area contributed by atoms with Crippen molar-refractivity contribution in [3.8, 4) is 0 Å². The van der Waals surface area contributed by atoms with Gasteiger partial charge >= 0.3 is 5.97 Å². The lowest BCUT2D eigenvalue weighted by Crippen LogP contribution is -2.17. The lowest BCUT2D eigenvalue weighted by atomic mass is 9.74. The highest BCUT2D eigenvalue weighted by atomic mass is 16.4. The fourth-order valence-corrected chi connectivity index (χ4v) is 6.48. The third-order valence-corrected chi connectivity index (χ3v) is 7.95. The van der Waals surface area contributed by atoms with Crippen LogP contribution in [0.2, 0.25) is 0 Å². The average Bonchev–Trinajstić information content (AvgIpc) is 2.77. The van der Waals surface area contributed by atoms with Gasteiger partial charge in [0, 0.05) is 0 Å². The molecule has 2 aromatic carbocycles. The number of aryl methyl sites for hydroxylation is 2. The van der Waals surface area contributed by atoms with E-state index in [1.807, 2.05) is 0 Å². The minimum Gasteiger partial charge on any atom is -0.478 e. The van der Waals surface area contributed by atoms with E-state index in [-0.39, 0.29) is 0 Å². The number of hydrogen-bond donors (Lipinski definition) is 1. The van der Waals surface area contributed by atoms with E-state index in [4.69, 9.17) is 0 Å². The first kappa shape index (κ1) is 19.2. The predicted molar refractivity (Wildman–Crippen MR) is 119 cm³/mol. The van der Waals surface area contributed by atoms with E-state index in [1.54, 1.807) is 0 Å². The highest BCUT2D eigenvalue weighted by Crippen LogP contribution is 2.45. The Morgan fingerprint density at radius 3 is 1.93 bits per heavy atom.